The van der Waals surface area contributed by atoms with Gasteiger partial charge in [0.15, 0.2) is 0 Å². The summed E-state index contributed by atoms with van der Waals surface area (Å²) in [5, 5.41) is 20.8. The van der Waals surface area contributed by atoms with Crippen molar-refractivity contribution in [3.8, 4) is 0 Å². The van der Waals surface area contributed by atoms with Crippen molar-refractivity contribution in [2.75, 3.05) is 0 Å². The van der Waals surface area contributed by atoms with E-state index in [-0.39, 0.29) is 11.4 Å². The highest BCUT2D eigenvalue weighted by Crippen LogP contribution is 2.25. The summed E-state index contributed by atoms with van der Waals surface area (Å²) in [7, 11) is 0. The van der Waals surface area contributed by atoms with Gasteiger partial charge < -0.3 is 9.67 Å². The van der Waals surface area contributed by atoms with Crippen LogP contribution in [0.15, 0.2) is 54.6 Å². The molecule has 0 aliphatic rings. The first-order valence-electron chi connectivity index (χ1n) is 6.61. The average Bonchev–Trinajstić information content (AvgIpc) is 2.86. The van der Waals surface area contributed by atoms with E-state index in [0.29, 0.717) is 17.4 Å². The Hall–Kier alpha value is -3.15. The molecule has 0 unspecified atom stereocenters. The number of hydrogen-bond donors (Lipinski definition) is 1. The molecule has 0 fully saturated rings. The van der Waals surface area contributed by atoms with Gasteiger partial charge in [-0.3, -0.25) is 10.1 Å². The summed E-state index contributed by atoms with van der Waals surface area (Å²) in [6.07, 6.45) is 0. The number of nitrogens with zero attached hydrogens (tertiary/aromatic N) is 2. The largest absolute Gasteiger partial charge is 0.477 e. The SMILES string of the molecule is O=C(O)c1cc2cc([N+](=O)[O-])ccc2n1Cc1ccccc1. The Morgan fingerprint density at radius 1 is 1.14 bits per heavy atom. The molecule has 6 nitrogen and oxygen atoms in total. The minimum Gasteiger partial charge on any atom is -0.477 e. The molecule has 1 aromatic heterocycles. The Balaban J connectivity index is 2.16. The van der Waals surface area contributed by atoms with Gasteiger partial charge in [-0.25, -0.2) is 4.79 Å². The molecule has 1 heterocycles. The number of carbonyl (C=O) groups is 1. The molecule has 0 aliphatic carbocycles. The lowest BCUT2D eigenvalue weighted by atomic mass is 10.2. The third-order valence-corrected chi connectivity index (χ3v) is 3.50. The van der Waals surface area contributed by atoms with Crippen molar-refractivity contribution in [2.24, 2.45) is 0 Å². The molecule has 0 saturated carbocycles. The van der Waals surface area contributed by atoms with Crippen molar-refractivity contribution >= 4 is 22.6 Å². The number of aromatic nitrogens is 1. The van der Waals surface area contributed by atoms with Crippen molar-refractivity contribution in [3.05, 3.63) is 76.0 Å². The fourth-order valence-corrected chi connectivity index (χ4v) is 2.49. The molecule has 0 saturated heterocycles. The second-order valence-corrected chi connectivity index (χ2v) is 4.91. The number of hydrogen-bond acceptors (Lipinski definition) is 3. The van der Waals surface area contributed by atoms with Crippen LogP contribution in [0.3, 0.4) is 0 Å². The predicted molar refractivity (Wildman–Crippen MR) is 81.1 cm³/mol. The van der Waals surface area contributed by atoms with Gasteiger partial charge in [0.2, 0.25) is 0 Å². The number of nitro groups is 1. The van der Waals surface area contributed by atoms with E-state index in [1.54, 1.807) is 10.6 Å². The van der Waals surface area contributed by atoms with E-state index >= 15 is 0 Å². The quantitative estimate of drug-likeness (QED) is 0.591. The minimum absolute atomic E-state index is 0.0544. The lowest BCUT2D eigenvalue weighted by Crippen LogP contribution is -2.09. The van der Waals surface area contributed by atoms with E-state index in [1.807, 2.05) is 30.3 Å². The summed E-state index contributed by atoms with van der Waals surface area (Å²) in [6.45, 7) is 0.393. The van der Waals surface area contributed by atoms with Gasteiger partial charge in [0.25, 0.3) is 5.69 Å². The molecule has 3 aromatic rings. The molecular weight excluding hydrogens is 284 g/mol. The molecule has 2 aromatic carbocycles. The Labute approximate surface area is 125 Å². The van der Waals surface area contributed by atoms with Crippen LogP contribution in [0.2, 0.25) is 0 Å². The number of non-ortho nitro benzene ring substituents is 1. The highest BCUT2D eigenvalue weighted by Gasteiger charge is 2.17. The number of carboxylic acids is 1. The molecule has 0 spiro atoms. The zero-order valence-corrected chi connectivity index (χ0v) is 11.5. The first kappa shape index (κ1) is 13.8. The Morgan fingerprint density at radius 3 is 2.50 bits per heavy atom. The van der Waals surface area contributed by atoms with Crippen molar-refractivity contribution < 1.29 is 14.8 Å². The first-order chi connectivity index (χ1) is 10.6. The zero-order valence-electron chi connectivity index (χ0n) is 11.5. The summed E-state index contributed by atoms with van der Waals surface area (Å²) >= 11 is 0. The molecular formula is C16H12N2O4. The van der Waals surface area contributed by atoms with E-state index in [2.05, 4.69) is 0 Å². The van der Waals surface area contributed by atoms with E-state index in [1.165, 1.54) is 18.2 Å². The van der Waals surface area contributed by atoms with Crippen LogP contribution in [0, 0.1) is 10.1 Å². The fraction of sp³-hybridized carbons (Fsp3) is 0.0625. The van der Waals surface area contributed by atoms with Gasteiger partial charge in [-0.15, -0.1) is 0 Å². The standard InChI is InChI=1S/C16H12N2O4/c19-16(20)15-9-12-8-13(18(21)22)6-7-14(12)17(15)10-11-4-2-1-3-5-11/h1-9H,10H2,(H,19,20). The number of benzene rings is 2. The summed E-state index contributed by atoms with van der Waals surface area (Å²) in [5.74, 6) is -1.06. The number of carboxylic acid groups (broad SMARTS) is 1. The second kappa shape index (κ2) is 5.33. The van der Waals surface area contributed by atoms with E-state index in [0.717, 1.165) is 5.56 Å². The van der Waals surface area contributed by atoms with Gasteiger partial charge in [-0.05, 0) is 17.7 Å². The lowest BCUT2D eigenvalue weighted by molar-refractivity contribution is -0.384. The van der Waals surface area contributed by atoms with Crippen molar-refractivity contribution in [3.63, 3.8) is 0 Å². The molecule has 0 aliphatic heterocycles. The first-order valence-corrected chi connectivity index (χ1v) is 6.61. The molecule has 22 heavy (non-hydrogen) atoms. The second-order valence-electron chi connectivity index (χ2n) is 4.91. The maximum Gasteiger partial charge on any atom is 0.352 e. The highest BCUT2D eigenvalue weighted by molar-refractivity contribution is 5.95. The number of nitro benzene ring substituents is 1. The van der Waals surface area contributed by atoms with Crippen molar-refractivity contribution in [2.45, 2.75) is 6.54 Å². The van der Waals surface area contributed by atoms with Crippen LogP contribution >= 0.6 is 0 Å². The molecule has 1 N–H and O–H groups in total. The number of rotatable bonds is 4. The summed E-state index contributed by atoms with van der Waals surface area (Å²) < 4.78 is 1.65. The van der Waals surface area contributed by atoms with Gasteiger partial charge in [0, 0.05) is 29.6 Å². The zero-order chi connectivity index (χ0) is 15.7. The van der Waals surface area contributed by atoms with Gasteiger partial charge in [0.05, 0.1) is 4.92 Å². The Kier molecular flexibility index (Phi) is 3.34. The lowest BCUT2D eigenvalue weighted by Gasteiger charge is -2.08. The molecule has 0 bridgehead atoms. The number of aromatic carboxylic acids is 1. The maximum atomic E-state index is 11.4. The maximum absolute atomic E-state index is 11.4. The van der Waals surface area contributed by atoms with Gasteiger partial charge >= 0.3 is 5.97 Å². The molecule has 6 heteroatoms. The average molecular weight is 296 g/mol. The fourth-order valence-electron chi connectivity index (χ4n) is 2.49. The number of fused-ring (bicyclic) bond motifs is 1. The van der Waals surface area contributed by atoms with Gasteiger partial charge in [-0.1, -0.05) is 30.3 Å². The normalized spacial score (nSPS) is 10.7. The van der Waals surface area contributed by atoms with Crippen LogP contribution in [0.25, 0.3) is 10.9 Å². The summed E-state index contributed by atoms with van der Waals surface area (Å²) in [5.41, 5.74) is 1.67. The monoisotopic (exact) mass is 296 g/mol. The van der Waals surface area contributed by atoms with Gasteiger partial charge in [-0.2, -0.15) is 0 Å². The molecule has 110 valence electrons. The van der Waals surface area contributed by atoms with Crippen LogP contribution in [0.5, 0.6) is 0 Å². The highest BCUT2D eigenvalue weighted by atomic mass is 16.6. The van der Waals surface area contributed by atoms with Crippen LogP contribution in [-0.2, 0) is 6.54 Å². The summed E-state index contributed by atoms with van der Waals surface area (Å²) in [4.78, 5) is 21.8. The third-order valence-electron chi connectivity index (χ3n) is 3.50. The summed E-state index contributed by atoms with van der Waals surface area (Å²) in [6, 6.07) is 15.3. The van der Waals surface area contributed by atoms with E-state index < -0.39 is 10.9 Å². The molecule has 0 radical (unpaired) electrons. The van der Waals surface area contributed by atoms with Crippen molar-refractivity contribution in [1.82, 2.24) is 4.57 Å². The molecule has 3 rings (SSSR count). The van der Waals surface area contributed by atoms with Crippen molar-refractivity contribution in [1.29, 1.82) is 0 Å². The van der Waals surface area contributed by atoms with Gasteiger partial charge in [0.1, 0.15) is 5.69 Å². The predicted octanol–water partition coefficient (Wildman–Crippen LogP) is 3.30. The Morgan fingerprint density at radius 2 is 1.86 bits per heavy atom. The van der Waals surface area contributed by atoms with Crippen LogP contribution in [0.4, 0.5) is 5.69 Å². The van der Waals surface area contributed by atoms with Crippen LogP contribution in [0.1, 0.15) is 16.1 Å². The third kappa shape index (κ3) is 2.42. The van der Waals surface area contributed by atoms with Crippen LogP contribution < -0.4 is 0 Å². The van der Waals surface area contributed by atoms with E-state index in [4.69, 9.17) is 0 Å². The topological polar surface area (TPSA) is 85.4 Å². The molecule has 0 amide bonds. The minimum atomic E-state index is -1.06. The smallest absolute Gasteiger partial charge is 0.352 e. The Bertz CT molecular complexity index is 868. The van der Waals surface area contributed by atoms with Crippen LogP contribution in [-0.4, -0.2) is 20.6 Å². The molecule has 0 atom stereocenters. The van der Waals surface area contributed by atoms with E-state index in [9.17, 15) is 20.0 Å².